The highest BCUT2D eigenvalue weighted by atomic mass is 35.5. The third kappa shape index (κ3) is 1.88. The van der Waals surface area contributed by atoms with E-state index in [9.17, 15) is 4.79 Å². The molecule has 0 unspecified atom stereocenters. The highest BCUT2D eigenvalue weighted by Gasteiger charge is 2.35. The first-order valence-electron chi connectivity index (χ1n) is 7.51. The number of carbonyl (C=O) groups excluding carboxylic acids is 1. The minimum absolute atomic E-state index is 0.137. The first-order valence-corrected chi connectivity index (χ1v) is 7.88. The van der Waals surface area contributed by atoms with Crippen LogP contribution in [0.2, 0.25) is 5.02 Å². The summed E-state index contributed by atoms with van der Waals surface area (Å²) in [7, 11) is 0. The second-order valence-electron chi connectivity index (χ2n) is 5.95. The van der Waals surface area contributed by atoms with E-state index in [0.717, 1.165) is 35.6 Å². The van der Waals surface area contributed by atoms with Crippen LogP contribution in [-0.2, 0) is 6.54 Å². The van der Waals surface area contributed by atoms with Crippen molar-refractivity contribution >= 4 is 17.4 Å². The topological polar surface area (TPSA) is 65.6 Å². The molecule has 1 fully saturated rings. The van der Waals surface area contributed by atoms with Crippen molar-refractivity contribution in [1.29, 1.82) is 0 Å². The van der Waals surface area contributed by atoms with Gasteiger partial charge >= 0.3 is 0 Å². The molecule has 3 aromatic rings. The van der Waals surface area contributed by atoms with Gasteiger partial charge in [0.25, 0.3) is 0 Å². The van der Waals surface area contributed by atoms with Crippen LogP contribution in [0.4, 0.5) is 0 Å². The third-order valence-electron chi connectivity index (χ3n) is 4.42. The number of imidazole rings is 1. The van der Waals surface area contributed by atoms with Crippen LogP contribution in [0.1, 0.15) is 29.0 Å². The van der Waals surface area contributed by atoms with E-state index in [4.69, 9.17) is 11.6 Å². The maximum Gasteiger partial charge on any atom is 0.186 e. The average Bonchev–Trinajstić information content (AvgIpc) is 3.20. The largest absolute Gasteiger partial charge is 0.300 e. The van der Waals surface area contributed by atoms with E-state index >= 15 is 0 Å². The predicted octanol–water partition coefficient (Wildman–Crippen LogP) is 2.74. The van der Waals surface area contributed by atoms with E-state index in [1.54, 1.807) is 11.0 Å². The number of Topliss-reactive ketones (excluding diaryl/α,β-unsaturated/α-hetero) is 1. The lowest BCUT2D eigenvalue weighted by Crippen LogP contribution is -2.11. The van der Waals surface area contributed by atoms with Crippen molar-refractivity contribution in [2.45, 2.75) is 19.4 Å². The van der Waals surface area contributed by atoms with Crippen LogP contribution in [0, 0.1) is 5.92 Å². The van der Waals surface area contributed by atoms with Crippen molar-refractivity contribution < 1.29 is 4.79 Å². The number of hydrogen-bond donors (Lipinski definition) is 0. The van der Waals surface area contributed by atoms with E-state index in [1.165, 1.54) is 6.33 Å². The quantitative estimate of drug-likeness (QED) is 0.531. The molecule has 0 radical (unpaired) electrons. The second-order valence-corrected chi connectivity index (χ2v) is 6.39. The second kappa shape index (κ2) is 4.52. The van der Waals surface area contributed by atoms with Crippen LogP contribution in [0.5, 0.6) is 0 Å². The smallest absolute Gasteiger partial charge is 0.186 e. The molecule has 6 nitrogen and oxygen atoms in total. The number of fused-ring (bicyclic) bond motifs is 5. The zero-order valence-electron chi connectivity index (χ0n) is 12.1. The molecule has 0 bridgehead atoms. The van der Waals surface area contributed by atoms with Crippen molar-refractivity contribution in [3.05, 3.63) is 47.3 Å². The summed E-state index contributed by atoms with van der Waals surface area (Å²) in [6.07, 6.45) is 5.16. The van der Waals surface area contributed by atoms with Crippen molar-refractivity contribution in [3.8, 4) is 17.1 Å². The summed E-state index contributed by atoms with van der Waals surface area (Å²) in [5.74, 6) is 1.02. The standard InChI is InChI=1S/C16H12ClN5O/c17-10-3-4-12-11(5-10)16-18-7-20-22(16)6-13-14(19-8-21(12)13)15(23)9-1-2-9/h3-5,7-9H,1-2,6H2. The van der Waals surface area contributed by atoms with Crippen LogP contribution < -0.4 is 0 Å². The number of nitrogens with zero attached hydrogens (tertiary/aromatic N) is 5. The Kier molecular flexibility index (Phi) is 2.56. The number of rotatable bonds is 2. The zero-order valence-corrected chi connectivity index (χ0v) is 12.9. The Bertz CT molecular complexity index is 953. The first kappa shape index (κ1) is 13.0. The molecule has 1 aliphatic heterocycles. The summed E-state index contributed by atoms with van der Waals surface area (Å²) in [6.45, 7) is 0.468. The Morgan fingerprint density at radius 2 is 2.13 bits per heavy atom. The van der Waals surface area contributed by atoms with E-state index in [0.29, 0.717) is 17.3 Å². The number of carbonyl (C=O) groups is 1. The summed E-state index contributed by atoms with van der Waals surface area (Å²) in [5, 5.41) is 4.93. The molecule has 2 aliphatic rings. The number of benzene rings is 1. The fourth-order valence-corrected chi connectivity index (χ4v) is 3.28. The molecule has 3 heterocycles. The van der Waals surface area contributed by atoms with E-state index < -0.39 is 0 Å². The lowest BCUT2D eigenvalue weighted by molar-refractivity contribution is 0.0962. The maximum atomic E-state index is 12.5. The maximum absolute atomic E-state index is 12.5. The molecule has 0 spiro atoms. The molecule has 0 amide bonds. The van der Waals surface area contributed by atoms with Crippen molar-refractivity contribution in [1.82, 2.24) is 24.3 Å². The van der Waals surface area contributed by atoms with Gasteiger partial charge in [-0.3, -0.25) is 9.36 Å². The van der Waals surface area contributed by atoms with Crippen LogP contribution in [-0.4, -0.2) is 30.1 Å². The van der Waals surface area contributed by atoms with E-state index in [1.807, 2.05) is 22.8 Å². The molecule has 1 aliphatic carbocycles. The fraction of sp³-hybridized carbons (Fsp3) is 0.250. The van der Waals surface area contributed by atoms with Gasteiger partial charge in [0.1, 0.15) is 18.3 Å². The Morgan fingerprint density at radius 3 is 2.96 bits per heavy atom. The summed E-state index contributed by atoms with van der Waals surface area (Å²) in [4.78, 5) is 21.3. The Morgan fingerprint density at radius 1 is 1.26 bits per heavy atom. The third-order valence-corrected chi connectivity index (χ3v) is 4.66. The van der Waals surface area contributed by atoms with Gasteiger partial charge in [-0.15, -0.1) is 0 Å². The summed E-state index contributed by atoms with van der Waals surface area (Å²) < 4.78 is 3.75. The van der Waals surface area contributed by atoms with E-state index in [-0.39, 0.29) is 11.7 Å². The molecule has 0 atom stereocenters. The van der Waals surface area contributed by atoms with Gasteiger partial charge in [-0.25, -0.2) is 14.6 Å². The molecule has 0 saturated heterocycles. The van der Waals surface area contributed by atoms with E-state index in [2.05, 4.69) is 15.1 Å². The molecular formula is C16H12ClN5O. The molecular weight excluding hydrogens is 314 g/mol. The summed E-state index contributed by atoms with van der Waals surface area (Å²) >= 11 is 6.16. The normalized spacial score (nSPS) is 15.5. The van der Waals surface area contributed by atoms with Crippen LogP contribution >= 0.6 is 11.6 Å². The predicted molar refractivity (Wildman–Crippen MR) is 83.7 cm³/mol. The lowest BCUT2D eigenvalue weighted by atomic mass is 10.1. The minimum Gasteiger partial charge on any atom is -0.300 e. The average molecular weight is 326 g/mol. The van der Waals surface area contributed by atoms with Crippen molar-refractivity contribution in [2.24, 2.45) is 5.92 Å². The number of ketones is 1. The molecule has 1 aromatic carbocycles. The minimum atomic E-state index is 0.137. The van der Waals surface area contributed by atoms with Gasteiger partial charge in [0, 0.05) is 16.5 Å². The van der Waals surface area contributed by atoms with Gasteiger partial charge in [0.2, 0.25) is 0 Å². The van der Waals surface area contributed by atoms with Crippen LogP contribution in [0.3, 0.4) is 0 Å². The Labute approximate surface area is 136 Å². The SMILES string of the molecule is O=C(c1ncn2c1Cn1ncnc1-c1cc(Cl)ccc1-2)C1CC1. The number of halogens is 1. The Hall–Kier alpha value is -2.47. The van der Waals surface area contributed by atoms with Crippen LogP contribution in [0.25, 0.3) is 17.1 Å². The van der Waals surface area contributed by atoms with Crippen LogP contribution in [0.15, 0.2) is 30.9 Å². The van der Waals surface area contributed by atoms with Gasteiger partial charge in [-0.2, -0.15) is 5.10 Å². The van der Waals surface area contributed by atoms with Gasteiger partial charge in [0.15, 0.2) is 11.6 Å². The summed E-state index contributed by atoms with van der Waals surface area (Å²) in [5.41, 5.74) is 3.21. The zero-order chi connectivity index (χ0) is 15.6. The van der Waals surface area contributed by atoms with Crippen molar-refractivity contribution in [3.63, 3.8) is 0 Å². The monoisotopic (exact) mass is 325 g/mol. The molecule has 114 valence electrons. The Balaban J connectivity index is 1.78. The van der Waals surface area contributed by atoms with Gasteiger partial charge in [-0.1, -0.05) is 11.6 Å². The van der Waals surface area contributed by atoms with Gasteiger partial charge < -0.3 is 0 Å². The highest BCUT2D eigenvalue weighted by Crippen LogP contribution is 2.36. The van der Waals surface area contributed by atoms with Crippen molar-refractivity contribution in [2.75, 3.05) is 0 Å². The van der Waals surface area contributed by atoms with Gasteiger partial charge in [-0.05, 0) is 31.0 Å². The molecule has 7 heteroatoms. The first-order chi connectivity index (χ1) is 11.2. The lowest BCUT2D eigenvalue weighted by Gasteiger charge is -2.08. The molecule has 2 aromatic heterocycles. The number of hydrogen-bond acceptors (Lipinski definition) is 4. The highest BCUT2D eigenvalue weighted by molar-refractivity contribution is 6.31. The number of aromatic nitrogens is 5. The van der Waals surface area contributed by atoms with Gasteiger partial charge in [0.05, 0.1) is 17.9 Å². The molecule has 1 saturated carbocycles. The molecule has 5 rings (SSSR count). The fourth-order valence-electron chi connectivity index (χ4n) is 3.10. The summed E-state index contributed by atoms with van der Waals surface area (Å²) in [6, 6.07) is 5.63. The molecule has 23 heavy (non-hydrogen) atoms. The molecule has 0 N–H and O–H groups in total.